The third-order valence-corrected chi connectivity index (χ3v) is 4.75. The average Bonchev–Trinajstić information content (AvgIpc) is 3.10. The Morgan fingerprint density at radius 1 is 1.21 bits per heavy atom. The first-order chi connectivity index (χ1) is 11.6. The Bertz CT molecular complexity index is 783. The standard InChI is InChI=1S/C17H18N4O3/c1-11(22)12-2-4-13(5-3-12)17(23)20-7-6-16-15(9-20)21-14(10-24-16)8-18-19-21/h2-5,8,15-16H,6-7,9-10H2,1H3/t15-,16+/m0/s1. The van der Waals surface area contributed by atoms with Crippen LogP contribution in [0.15, 0.2) is 30.5 Å². The number of likely N-dealkylation sites (tertiary alicyclic amines) is 1. The van der Waals surface area contributed by atoms with Crippen molar-refractivity contribution in [1.82, 2.24) is 19.9 Å². The molecule has 0 spiro atoms. The third-order valence-electron chi connectivity index (χ3n) is 4.75. The molecule has 1 fully saturated rings. The number of carbonyl (C=O) groups is 2. The molecule has 4 rings (SSSR count). The maximum Gasteiger partial charge on any atom is 0.253 e. The van der Waals surface area contributed by atoms with Gasteiger partial charge in [-0.2, -0.15) is 0 Å². The highest BCUT2D eigenvalue weighted by molar-refractivity contribution is 5.97. The largest absolute Gasteiger partial charge is 0.370 e. The number of ether oxygens (including phenoxy) is 1. The van der Waals surface area contributed by atoms with Crippen molar-refractivity contribution >= 4 is 11.7 Å². The molecule has 2 aromatic rings. The molecule has 2 aliphatic heterocycles. The summed E-state index contributed by atoms with van der Waals surface area (Å²) in [5.41, 5.74) is 2.14. The van der Waals surface area contributed by atoms with E-state index >= 15 is 0 Å². The van der Waals surface area contributed by atoms with Gasteiger partial charge in [0.15, 0.2) is 5.78 Å². The lowest BCUT2D eigenvalue weighted by molar-refractivity contribution is -0.0605. The molecule has 2 atom stereocenters. The Morgan fingerprint density at radius 2 is 1.96 bits per heavy atom. The van der Waals surface area contributed by atoms with Crippen LogP contribution in [0.5, 0.6) is 0 Å². The van der Waals surface area contributed by atoms with E-state index in [0.717, 1.165) is 12.1 Å². The minimum Gasteiger partial charge on any atom is -0.370 e. The van der Waals surface area contributed by atoms with Crippen molar-refractivity contribution in [2.75, 3.05) is 13.1 Å². The van der Waals surface area contributed by atoms with Gasteiger partial charge in [-0.25, -0.2) is 4.68 Å². The summed E-state index contributed by atoms with van der Waals surface area (Å²) >= 11 is 0. The van der Waals surface area contributed by atoms with Crippen molar-refractivity contribution in [1.29, 1.82) is 0 Å². The average molecular weight is 326 g/mol. The molecule has 2 aliphatic rings. The van der Waals surface area contributed by atoms with Crippen LogP contribution in [0.1, 0.15) is 45.8 Å². The zero-order valence-corrected chi connectivity index (χ0v) is 13.4. The summed E-state index contributed by atoms with van der Waals surface area (Å²) in [6.07, 6.45) is 2.56. The van der Waals surface area contributed by atoms with E-state index < -0.39 is 0 Å². The lowest BCUT2D eigenvalue weighted by Gasteiger charge is -2.41. The van der Waals surface area contributed by atoms with Crippen LogP contribution in [-0.4, -0.2) is 50.8 Å². The van der Waals surface area contributed by atoms with Crippen LogP contribution >= 0.6 is 0 Å². The van der Waals surface area contributed by atoms with Gasteiger partial charge in [-0.1, -0.05) is 17.3 Å². The van der Waals surface area contributed by atoms with Crippen LogP contribution in [0.2, 0.25) is 0 Å². The molecule has 24 heavy (non-hydrogen) atoms. The van der Waals surface area contributed by atoms with Crippen LogP contribution in [0.3, 0.4) is 0 Å². The van der Waals surface area contributed by atoms with E-state index in [1.54, 1.807) is 30.5 Å². The second-order valence-corrected chi connectivity index (χ2v) is 6.26. The summed E-state index contributed by atoms with van der Waals surface area (Å²) < 4.78 is 7.75. The molecular weight excluding hydrogens is 308 g/mol. The molecule has 1 aromatic heterocycles. The molecule has 124 valence electrons. The fourth-order valence-electron chi connectivity index (χ4n) is 3.39. The van der Waals surface area contributed by atoms with Gasteiger partial charge in [0.25, 0.3) is 5.91 Å². The van der Waals surface area contributed by atoms with E-state index in [-0.39, 0.29) is 23.8 Å². The maximum absolute atomic E-state index is 12.8. The maximum atomic E-state index is 12.8. The number of piperidine rings is 1. The van der Waals surface area contributed by atoms with Crippen molar-refractivity contribution in [3.05, 3.63) is 47.3 Å². The van der Waals surface area contributed by atoms with Gasteiger partial charge in [-0.05, 0) is 25.5 Å². The molecule has 0 bridgehead atoms. The molecule has 0 saturated carbocycles. The molecule has 0 N–H and O–H groups in total. The molecule has 1 amide bonds. The smallest absolute Gasteiger partial charge is 0.253 e. The minimum atomic E-state index is -0.0317. The number of hydrogen-bond acceptors (Lipinski definition) is 5. The highest BCUT2D eigenvalue weighted by Crippen LogP contribution is 2.30. The number of carbonyl (C=O) groups excluding carboxylic acids is 2. The van der Waals surface area contributed by atoms with Gasteiger partial charge in [0.05, 0.1) is 30.6 Å². The second kappa shape index (κ2) is 5.83. The van der Waals surface area contributed by atoms with Crippen molar-refractivity contribution in [2.24, 2.45) is 0 Å². The van der Waals surface area contributed by atoms with Crippen molar-refractivity contribution in [3.63, 3.8) is 0 Å². The molecule has 7 nitrogen and oxygen atoms in total. The van der Waals surface area contributed by atoms with Gasteiger partial charge in [-0.15, -0.1) is 5.10 Å². The zero-order valence-electron chi connectivity index (χ0n) is 13.4. The molecule has 7 heteroatoms. The Labute approximate surface area is 139 Å². The number of amides is 1. The first-order valence-corrected chi connectivity index (χ1v) is 8.04. The minimum absolute atomic E-state index is 0.00504. The molecule has 1 saturated heterocycles. The van der Waals surface area contributed by atoms with Crippen molar-refractivity contribution in [3.8, 4) is 0 Å². The topological polar surface area (TPSA) is 77.3 Å². The number of ketones is 1. The van der Waals surface area contributed by atoms with Crippen LogP contribution in [0.25, 0.3) is 0 Å². The van der Waals surface area contributed by atoms with Gasteiger partial charge < -0.3 is 9.64 Å². The summed E-state index contributed by atoms with van der Waals surface area (Å²) in [5.74, 6) is -0.0383. The van der Waals surface area contributed by atoms with Crippen LogP contribution < -0.4 is 0 Å². The van der Waals surface area contributed by atoms with Crippen molar-refractivity contribution in [2.45, 2.75) is 32.1 Å². The highest BCUT2D eigenvalue weighted by Gasteiger charge is 2.38. The Morgan fingerprint density at radius 3 is 2.71 bits per heavy atom. The summed E-state index contributed by atoms with van der Waals surface area (Å²) in [6, 6.07) is 6.82. The quantitative estimate of drug-likeness (QED) is 0.781. The fraction of sp³-hybridized carbons (Fsp3) is 0.412. The number of benzene rings is 1. The van der Waals surface area contributed by atoms with E-state index in [9.17, 15) is 9.59 Å². The van der Waals surface area contributed by atoms with Gasteiger partial charge >= 0.3 is 0 Å². The zero-order chi connectivity index (χ0) is 16.7. The number of hydrogen-bond donors (Lipinski definition) is 0. The number of nitrogens with zero attached hydrogens (tertiary/aromatic N) is 4. The summed E-state index contributed by atoms with van der Waals surface area (Å²) in [7, 11) is 0. The van der Waals surface area contributed by atoms with Crippen LogP contribution in [0.4, 0.5) is 0 Å². The highest BCUT2D eigenvalue weighted by atomic mass is 16.5. The molecule has 0 aliphatic carbocycles. The van der Waals surface area contributed by atoms with Gasteiger partial charge in [-0.3, -0.25) is 9.59 Å². The van der Waals surface area contributed by atoms with Crippen LogP contribution in [-0.2, 0) is 11.3 Å². The lowest BCUT2D eigenvalue weighted by atomic mass is 9.99. The third kappa shape index (κ3) is 2.50. The molecule has 0 unspecified atom stereocenters. The first-order valence-electron chi connectivity index (χ1n) is 8.04. The summed E-state index contributed by atoms with van der Waals surface area (Å²) in [4.78, 5) is 25.9. The van der Waals surface area contributed by atoms with Gasteiger partial charge in [0.1, 0.15) is 0 Å². The van der Waals surface area contributed by atoms with E-state index in [2.05, 4.69) is 10.3 Å². The fourth-order valence-corrected chi connectivity index (χ4v) is 3.39. The van der Waals surface area contributed by atoms with Gasteiger partial charge in [0.2, 0.25) is 0 Å². The Balaban J connectivity index is 1.53. The number of fused-ring (bicyclic) bond motifs is 3. The van der Waals surface area contributed by atoms with Gasteiger partial charge in [0, 0.05) is 24.2 Å². The molecular formula is C17H18N4O3. The predicted molar refractivity (Wildman–Crippen MR) is 84.6 cm³/mol. The van der Waals surface area contributed by atoms with Crippen LogP contribution in [0, 0.1) is 0 Å². The lowest BCUT2D eigenvalue weighted by Crippen LogP contribution is -2.49. The van der Waals surface area contributed by atoms with E-state index in [1.165, 1.54) is 6.92 Å². The van der Waals surface area contributed by atoms with E-state index in [0.29, 0.717) is 30.8 Å². The Kier molecular flexibility index (Phi) is 3.65. The number of rotatable bonds is 2. The summed E-state index contributed by atoms with van der Waals surface area (Å²) in [5, 5.41) is 8.10. The molecule has 1 aromatic carbocycles. The number of Topliss-reactive ketones (excluding diaryl/α,β-unsaturated/α-hetero) is 1. The second-order valence-electron chi connectivity index (χ2n) is 6.26. The number of aromatic nitrogens is 3. The SMILES string of the molecule is CC(=O)c1ccc(C(=O)N2CC[C@H]3OCc4cnnn4[C@H]3C2)cc1. The first kappa shape index (κ1) is 15.0. The van der Waals surface area contributed by atoms with Crippen molar-refractivity contribution < 1.29 is 14.3 Å². The molecule has 3 heterocycles. The normalized spacial score (nSPS) is 22.6. The summed E-state index contributed by atoms with van der Waals surface area (Å²) in [6.45, 7) is 3.24. The molecule has 0 radical (unpaired) electrons. The predicted octanol–water partition coefficient (Wildman–Crippen LogP) is 1.47. The monoisotopic (exact) mass is 326 g/mol. The Hall–Kier alpha value is -2.54. The van der Waals surface area contributed by atoms with E-state index in [1.807, 2.05) is 9.58 Å². The van der Waals surface area contributed by atoms with E-state index in [4.69, 9.17) is 4.74 Å².